The maximum Gasteiger partial charge on any atom is 0.125 e. The zero-order valence-electron chi connectivity index (χ0n) is 12.3. The van der Waals surface area contributed by atoms with Gasteiger partial charge in [0.15, 0.2) is 0 Å². The molecule has 0 spiro atoms. The molecule has 1 nitrogen and oxygen atoms in total. The largest absolute Gasteiger partial charge is 0.496 e. The van der Waals surface area contributed by atoms with Gasteiger partial charge in [-0.3, -0.25) is 0 Å². The molecule has 1 heteroatoms. The SMILES string of the molecule is CCCCCc1cccc(CCCCC)c1OC. The lowest BCUT2D eigenvalue weighted by Gasteiger charge is -2.13. The van der Waals surface area contributed by atoms with Crippen LogP contribution in [-0.4, -0.2) is 7.11 Å². The molecule has 18 heavy (non-hydrogen) atoms. The first-order valence-electron chi connectivity index (χ1n) is 7.48. The van der Waals surface area contributed by atoms with Crippen LogP contribution in [0.5, 0.6) is 5.75 Å². The number of rotatable bonds is 9. The zero-order chi connectivity index (χ0) is 13.2. The van der Waals surface area contributed by atoms with Crippen LogP contribution in [0.2, 0.25) is 0 Å². The van der Waals surface area contributed by atoms with Gasteiger partial charge < -0.3 is 4.74 Å². The average Bonchev–Trinajstić information content (AvgIpc) is 2.39. The Morgan fingerprint density at radius 1 is 0.833 bits per heavy atom. The fraction of sp³-hybridized carbons (Fsp3) is 0.647. The Kier molecular flexibility index (Phi) is 7.55. The first-order chi connectivity index (χ1) is 8.83. The van der Waals surface area contributed by atoms with E-state index in [1.165, 1.54) is 49.7 Å². The number of aryl methyl sites for hydroxylation is 2. The van der Waals surface area contributed by atoms with Crippen LogP contribution < -0.4 is 4.74 Å². The van der Waals surface area contributed by atoms with E-state index in [0.29, 0.717) is 0 Å². The Morgan fingerprint density at radius 2 is 1.33 bits per heavy atom. The van der Waals surface area contributed by atoms with Crippen LogP contribution in [0, 0.1) is 0 Å². The van der Waals surface area contributed by atoms with Crippen molar-refractivity contribution in [2.75, 3.05) is 7.11 Å². The van der Waals surface area contributed by atoms with Gasteiger partial charge in [0.25, 0.3) is 0 Å². The smallest absolute Gasteiger partial charge is 0.125 e. The molecule has 0 aliphatic carbocycles. The average molecular weight is 248 g/mol. The van der Waals surface area contributed by atoms with Gasteiger partial charge in [-0.15, -0.1) is 0 Å². The Balaban J connectivity index is 2.68. The number of unbranched alkanes of at least 4 members (excludes halogenated alkanes) is 4. The van der Waals surface area contributed by atoms with Crippen LogP contribution >= 0.6 is 0 Å². The van der Waals surface area contributed by atoms with Crippen molar-refractivity contribution in [2.24, 2.45) is 0 Å². The van der Waals surface area contributed by atoms with Gasteiger partial charge in [-0.25, -0.2) is 0 Å². The third-order valence-corrected chi connectivity index (χ3v) is 3.48. The van der Waals surface area contributed by atoms with Gasteiger partial charge in [0.2, 0.25) is 0 Å². The minimum absolute atomic E-state index is 1.14. The van der Waals surface area contributed by atoms with Crippen molar-refractivity contribution in [3.63, 3.8) is 0 Å². The van der Waals surface area contributed by atoms with Crippen LogP contribution in [0.15, 0.2) is 18.2 Å². The fourth-order valence-electron chi connectivity index (χ4n) is 2.42. The second-order valence-electron chi connectivity index (χ2n) is 5.02. The van der Waals surface area contributed by atoms with E-state index in [4.69, 9.17) is 4.74 Å². The molecule has 1 rings (SSSR count). The van der Waals surface area contributed by atoms with Gasteiger partial charge in [0.05, 0.1) is 7.11 Å². The molecule has 102 valence electrons. The fourth-order valence-corrected chi connectivity index (χ4v) is 2.42. The van der Waals surface area contributed by atoms with Crippen LogP contribution in [0.1, 0.15) is 63.5 Å². The molecule has 0 saturated heterocycles. The number of hydrogen-bond donors (Lipinski definition) is 0. The third-order valence-electron chi connectivity index (χ3n) is 3.48. The molecule has 0 radical (unpaired) electrons. The summed E-state index contributed by atoms with van der Waals surface area (Å²) >= 11 is 0. The lowest BCUT2D eigenvalue weighted by atomic mass is 9.99. The maximum absolute atomic E-state index is 5.64. The van der Waals surface area contributed by atoms with Gasteiger partial charge in [-0.1, -0.05) is 57.7 Å². The summed E-state index contributed by atoms with van der Waals surface area (Å²) in [4.78, 5) is 0. The highest BCUT2D eigenvalue weighted by Crippen LogP contribution is 2.27. The number of hydrogen-bond acceptors (Lipinski definition) is 1. The van der Waals surface area contributed by atoms with Crippen molar-refractivity contribution >= 4 is 0 Å². The van der Waals surface area contributed by atoms with Gasteiger partial charge in [-0.2, -0.15) is 0 Å². The second-order valence-corrected chi connectivity index (χ2v) is 5.02. The molecule has 0 bridgehead atoms. The first-order valence-corrected chi connectivity index (χ1v) is 7.48. The van der Waals surface area contributed by atoms with Crippen LogP contribution in [-0.2, 0) is 12.8 Å². The Bertz CT molecular complexity index is 302. The van der Waals surface area contributed by atoms with E-state index in [9.17, 15) is 0 Å². The van der Waals surface area contributed by atoms with Crippen molar-refractivity contribution in [3.05, 3.63) is 29.3 Å². The van der Waals surface area contributed by atoms with Crippen molar-refractivity contribution in [2.45, 2.75) is 65.2 Å². The zero-order valence-corrected chi connectivity index (χ0v) is 12.3. The molecule has 0 aliphatic rings. The van der Waals surface area contributed by atoms with Gasteiger partial charge >= 0.3 is 0 Å². The number of benzene rings is 1. The molecular weight excluding hydrogens is 220 g/mol. The third kappa shape index (κ3) is 4.72. The molecule has 1 aromatic carbocycles. The molecule has 0 saturated carbocycles. The van der Waals surface area contributed by atoms with Crippen LogP contribution in [0.3, 0.4) is 0 Å². The molecule has 0 aliphatic heterocycles. The summed E-state index contributed by atoms with van der Waals surface area (Å²) in [6, 6.07) is 6.63. The summed E-state index contributed by atoms with van der Waals surface area (Å²) < 4.78 is 5.64. The monoisotopic (exact) mass is 248 g/mol. The molecule has 0 heterocycles. The molecule has 0 aromatic heterocycles. The predicted molar refractivity (Wildman–Crippen MR) is 79.5 cm³/mol. The van der Waals surface area contributed by atoms with Crippen molar-refractivity contribution in [1.29, 1.82) is 0 Å². The summed E-state index contributed by atoms with van der Waals surface area (Å²) in [6.45, 7) is 4.50. The highest BCUT2D eigenvalue weighted by Gasteiger charge is 2.08. The highest BCUT2D eigenvalue weighted by molar-refractivity contribution is 5.41. The number of methoxy groups -OCH3 is 1. The van der Waals surface area contributed by atoms with Crippen molar-refractivity contribution < 1.29 is 4.74 Å². The maximum atomic E-state index is 5.64. The molecule has 0 unspecified atom stereocenters. The summed E-state index contributed by atoms with van der Waals surface area (Å²) in [5.41, 5.74) is 2.78. The highest BCUT2D eigenvalue weighted by atomic mass is 16.5. The summed E-state index contributed by atoms with van der Waals surface area (Å²) in [5, 5.41) is 0. The minimum atomic E-state index is 1.14. The summed E-state index contributed by atoms with van der Waals surface area (Å²) in [6.07, 6.45) is 10.0. The van der Waals surface area contributed by atoms with Crippen molar-refractivity contribution in [3.8, 4) is 5.75 Å². The van der Waals surface area contributed by atoms with E-state index in [-0.39, 0.29) is 0 Å². The second kappa shape index (κ2) is 9.02. The van der Waals surface area contributed by atoms with E-state index < -0.39 is 0 Å². The van der Waals surface area contributed by atoms with Crippen LogP contribution in [0.25, 0.3) is 0 Å². The van der Waals surface area contributed by atoms with E-state index in [1.54, 1.807) is 0 Å². The topological polar surface area (TPSA) is 9.23 Å². The van der Waals surface area contributed by atoms with Gasteiger partial charge in [0, 0.05) is 0 Å². The molecular formula is C17H28O. The lowest BCUT2D eigenvalue weighted by Crippen LogP contribution is -1.98. The molecule has 0 N–H and O–H groups in total. The van der Waals surface area contributed by atoms with Gasteiger partial charge in [-0.05, 0) is 36.8 Å². The Morgan fingerprint density at radius 3 is 1.72 bits per heavy atom. The Labute approximate surface area is 113 Å². The standard InChI is InChI=1S/C17H28O/c1-4-6-8-11-15-13-10-14-16(17(15)18-3)12-9-7-5-2/h10,13-14H,4-9,11-12H2,1-3H3. The summed E-state index contributed by atoms with van der Waals surface area (Å²) in [5.74, 6) is 1.14. The predicted octanol–water partition coefficient (Wildman–Crippen LogP) is 5.16. The number of para-hydroxylation sites is 1. The van der Waals surface area contributed by atoms with E-state index in [0.717, 1.165) is 18.6 Å². The lowest BCUT2D eigenvalue weighted by molar-refractivity contribution is 0.403. The summed E-state index contributed by atoms with van der Waals surface area (Å²) in [7, 11) is 1.81. The first kappa shape index (κ1) is 15.1. The van der Waals surface area contributed by atoms with Gasteiger partial charge in [0.1, 0.15) is 5.75 Å². The molecule has 0 fully saturated rings. The normalized spacial score (nSPS) is 10.6. The molecule has 0 amide bonds. The number of ether oxygens (including phenoxy) is 1. The molecule has 1 aromatic rings. The minimum Gasteiger partial charge on any atom is -0.496 e. The van der Waals surface area contributed by atoms with Crippen LogP contribution in [0.4, 0.5) is 0 Å². The quantitative estimate of drug-likeness (QED) is 0.548. The molecule has 0 atom stereocenters. The van der Waals surface area contributed by atoms with Crippen molar-refractivity contribution in [1.82, 2.24) is 0 Å². The Hall–Kier alpha value is -0.980. The van der Waals surface area contributed by atoms with E-state index >= 15 is 0 Å². The van der Waals surface area contributed by atoms with E-state index in [2.05, 4.69) is 32.0 Å². The van der Waals surface area contributed by atoms with E-state index in [1.807, 2.05) is 7.11 Å².